The van der Waals surface area contributed by atoms with E-state index in [1.54, 1.807) is 7.11 Å². The molecule has 0 saturated carbocycles. The molecule has 0 aromatic heterocycles. The third kappa shape index (κ3) is 2.08. The second-order valence-corrected chi connectivity index (χ2v) is 3.90. The molecule has 1 unspecified atom stereocenters. The standard InChI is InChI=1S/C10H14BrNO2/c1-6-3-4-7(8(12)5-13)10(14-2)9(6)11/h3-4,8,13H,5,12H2,1-2H3. The number of nitrogens with two attached hydrogens (primary N) is 1. The highest BCUT2D eigenvalue weighted by Crippen LogP contribution is 2.34. The molecule has 78 valence electrons. The maximum absolute atomic E-state index is 8.97. The Labute approximate surface area is 92.0 Å². The Morgan fingerprint density at radius 3 is 2.71 bits per heavy atom. The van der Waals surface area contributed by atoms with Crippen LogP contribution in [0.25, 0.3) is 0 Å². The van der Waals surface area contributed by atoms with Crippen LogP contribution in [0.2, 0.25) is 0 Å². The minimum atomic E-state index is -0.401. The van der Waals surface area contributed by atoms with Crippen molar-refractivity contribution >= 4 is 15.9 Å². The van der Waals surface area contributed by atoms with Gasteiger partial charge in [0.05, 0.1) is 24.2 Å². The molecule has 1 aromatic rings. The van der Waals surface area contributed by atoms with Crippen LogP contribution in [0.1, 0.15) is 17.2 Å². The van der Waals surface area contributed by atoms with Crippen molar-refractivity contribution in [3.63, 3.8) is 0 Å². The van der Waals surface area contributed by atoms with E-state index in [4.69, 9.17) is 15.6 Å². The van der Waals surface area contributed by atoms with Gasteiger partial charge in [0, 0.05) is 5.56 Å². The summed E-state index contributed by atoms with van der Waals surface area (Å²) in [5, 5.41) is 8.97. The van der Waals surface area contributed by atoms with Gasteiger partial charge >= 0.3 is 0 Å². The van der Waals surface area contributed by atoms with E-state index in [0.29, 0.717) is 5.75 Å². The Morgan fingerprint density at radius 1 is 1.57 bits per heavy atom. The van der Waals surface area contributed by atoms with Gasteiger partial charge in [0.2, 0.25) is 0 Å². The summed E-state index contributed by atoms with van der Waals surface area (Å²) in [5.41, 5.74) is 7.63. The first-order valence-electron chi connectivity index (χ1n) is 4.31. The molecule has 0 amide bonds. The van der Waals surface area contributed by atoms with Crippen molar-refractivity contribution < 1.29 is 9.84 Å². The van der Waals surface area contributed by atoms with Crippen LogP contribution < -0.4 is 10.5 Å². The van der Waals surface area contributed by atoms with Crippen LogP contribution in [0.5, 0.6) is 5.75 Å². The molecule has 0 aliphatic heterocycles. The maximum Gasteiger partial charge on any atom is 0.138 e. The van der Waals surface area contributed by atoms with Crippen molar-refractivity contribution in [1.29, 1.82) is 0 Å². The first kappa shape index (κ1) is 11.5. The highest BCUT2D eigenvalue weighted by molar-refractivity contribution is 9.10. The van der Waals surface area contributed by atoms with E-state index in [9.17, 15) is 0 Å². The molecule has 0 aliphatic carbocycles. The van der Waals surface area contributed by atoms with Crippen LogP contribution >= 0.6 is 15.9 Å². The summed E-state index contributed by atoms with van der Waals surface area (Å²) in [6.45, 7) is 1.88. The Bertz CT molecular complexity index is 328. The van der Waals surface area contributed by atoms with Crippen molar-refractivity contribution in [2.45, 2.75) is 13.0 Å². The summed E-state index contributed by atoms with van der Waals surface area (Å²) in [6, 6.07) is 3.42. The molecule has 0 spiro atoms. The van der Waals surface area contributed by atoms with Gasteiger partial charge in [0.15, 0.2) is 0 Å². The van der Waals surface area contributed by atoms with Gasteiger partial charge in [0.1, 0.15) is 5.75 Å². The van der Waals surface area contributed by atoms with Gasteiger partial charge < -0.3 is 15.6 Å². The molecular formula is C10H14BrNO2. The van der Waals surface area contributed by atoms with Gasteiger partial charge in [-0.3, -0.25) is 0 Å². The Hall–Kier alpha value is -0.580. The average molecular weight is 260 g/mol. The van der Waals surface area contributed by atoms with Crippen molar-refractivity contribution in [1.82, 2.24) is 0 Å². The summed E-state index contributed by atoms with van der Waals surface area (Å²) in [7, 11) is 1.59. The molecule has 0 heterocycles. The number of methoxy groups -OCH3 is 1. The van der Waals surface area contributed by atoms with E-state index < -0.39 is 6.04 Å². The van der Waals surface area contributed by atoms with Gasteiger partial charge in [-0.25, -0.2) is 0 Å². The Morgan fingerprint density at radius 2 is 2.21 bits per heavy atom. The van der Waals surface area contributed by atoms with Crippen molar-refractivity contribution in [3.8, 4) is 5.75 Å². The molecule has 0 bridgehead atoms. The van der Waals surface area contributed by atoms with Crippen LogP contribution in [-0.4, -0.2) is 18.8 Å². The lowest BCUT2D eigenvalue weighted by Crippen LogP contribution is -2.15. The molecule has 1 aromatic carbocycles. The number of rotatable bonds is 3. The quantitative estimate of drug-likeness (QED) is 0.870. The normalized spacial score (nSPS) is 12.6. The fraction of sp³-hybridized carbons (Fsp3) is 0.400. The van der Waals surface area contributed by atoms with E-state index in [0.717, 1.165) is 15.6 Å². The van der Waals surface area contributed by atoms with Crippen LogP contribution in [0, 0.1) is 6.92 Å². The van der Waals surface area contributed by atoms with Crippen LogP contribution in [0.3, 0.4) is 0 Å². The van der Waals surface area contributed by atoms with Crippen molar-refractivity contribution in [3.05, 3.63) is 27.7 Å². The molecule has 1 rings (SSSR count). The summed E-state index contributed by atoms with van der Waals surface area (Å²) in [6.07, 6.45) is 0. The number of aliphatic hydroxyl groups is 1. The highest BCUT2D eigenvalue weighted by Gasteiger charge is 2.14. The lowest BCUT2D eigenvalue weighted by atomic mass is 10.1. The van der Waals surface area contributed by atoms with Crippen LogP contribution in [-0.2, 0) is 0 Å². The molecule has 1 atom stereocenters. The molecule has 0 aliphatic rings. The highest BCUT2D eigenvalue weighted by atomic mass is 79.9. The third-order valence-corrected chi connectivity index (χ3v) is 3.11. The van der Waals surface area contributed by atoms with Gasteiger partial charge in [-0.2, -0.15) is 0 Å². The first-order valence-corrected chi connectivity index (χ1v) is 5.10. The van der Waals surface area contributed by atoms with E-state index in [2.05, 4.69) is 15.9 Å². The smallest absolute Gasteiger partial charge is 0.138 e. The minimum absolute atomic E-state index is 0.0914. The third-order valence-electron chi connectivity index (χ3n) is 2.12. The SMILES string of the molecule is COc1c(C(N)CO)ccc(C)c1Br. The lowest BCUT2D eigenvalue weighted by Gasteiger charge is -2.16. The summed E-state index contributed by atoms with van der Waals surface area (Å²) in [4.78, 5) is 0. The van der Waals surface area contributed by atoms with Gasteiger partial charge in [-0.1, -0.05) is 12.1 Å². The molecule has 0 fully saturated rings. The zero-order chi connectivity index (χ0) is 10.7. The average Bonchev–Trinajstić information content (AvgIpc) is 2.20. The number of aryl methyl sites for hydroxylation is 1. The number of benzene rings is 1. The first-order chi connectivity index (χ1) is 6.61. The topological polar surface area (TPSA) is 55.5 Å². The minimum Gasteiger partial charge on any atom is -0.495 e. The fourth-order valence-corrected chi connectivity index (χ4v) is 1.79. The summed E-state index contributed by atoms with van der Waals surface area (Å²) < 4.78 is 6.13. The van der Waals surface area contributed by atoms with E-state index in [-0.39, 0.29) is 6.61 Å². The Kier molecular flexibility index (Phi) is 3.92. The maximum atomic E-state index is 8.97. The number of ether oxygens (including phenoxy) is 1. The van der Waals surface area contributed by atoms with Gasteiger partial charge in [0.25, 0.3) is 0 Å². The van der Waals surface area contributed by atoms with Crippen molar-refractivity contribution in [2.75, 3.05) is 13.7 Å². The molecular weight excluding hydrogens is 246 g/mol. The largest absolute Gasteiger partial charge is 0.495 e. The molecule has 3 nitrogen and oxygen atoms in total. The fourth-order valence-electron chi connectivity index (χ4n) is 1.27. The number of hydrogen-bond acceptors (Lipinski definition) is 3. The van der Waals surface area contributed by atoms with Crippen LogP contribution in [0.4, 0.5) is 0 Å². The van der Waals surface area contributed by atoms with Gasteiger partial charge in [-0.15, -0.1) is 0 Å². The number of halogens is 1. The van der Waals surface area contributed by atoms with Gasteiger partial charge in [-0.05, 0) is 28.4 Å². The Balaban J connectivity index is 3.23. The summed E-state index contributed by atoms with van der Waals surface area (Å²) in [5.74, 6) is 0.701. The molecule has 4 heteroatoms. The lowest BCUT2D eigenvalue weighted by molar-refractivity contribution is 0.264. The van der Waals surface area contributed by atoms with E-state index >= 15 is 0 Å². The van der Waals surface area contributed by atoms with E-state index in [1.165, 1.54) is 0 Å². The summed E-state index contributed by atoms with van der Waals surface area (Å²) >= 11 is 3.43. The van der Waals surface area contributed by atoms with Crippen molar-refractivity contribution in [2.24, 2.45) is 5.73 Å². The predicted octanol–water partition coefficient (Wildman–Crippen LogP) is 1.76. The molecule has 14 heavy (non-hydrogen) atoms. The second-order valence-electron chi connectivity index (χ2n) is 3.11. The zero-order valence-corrected chi connectivity index (χ0v) is 9.84. The second kappa shape index (κ2) is 4.77. The van der Waals surface area contributed by atoms with E-state index in [1.807, 2.05) is 19.1 Å². The molecule has 0 saturated heterocycles. The number of hydrogen-bond donors (Lipinski definition) is 2. The monoisotopic (exact) mass is 259 g/mol. The van der Waals surface area contributed by atoms with Crippen LogP contribution in [0.15, 0.2) is 16.6 Å². The zero-order valence-electron chi connectivity index (χ0n) is 8.25. The predicted molar refractivity (Wildman–Crippen MR) is 59.4 cm³/mol. The molecule has 0 radical (unpaired) electrons. The number of aliphatic hydroxyl groups excluding tert-OH is 1. The molecule has 3 N–H and O–H groups in total.